The summed E-state index contributed by atoms with van der Waals surface area (Å²) in [5, 5.41) is 17.4. The summed E-state index contributed by atoms with van der Waals surface area (Å²) >= 11 is 1.60. The quantitative estimate of drug-likeness (QED) is 0.671. The van der Waals surface area contributed by atoms with Gasteiger partial charge in [0.05, 0.1) is 17.0 Å². The van der Waals surface area contributed by atoms with Crippen LogP contribution in [0.2, 0.25) is 0 Å². The molecule has 1 N–H and O–H groups in total. The van der Waals surface area contributed by atoms with Gasteiger partial charge in [-0.15, -0.1) is 21.5 Å². The van der Waals surface area contributed by atoms with Crippen LogP contribution in [0.4, 0.5) is 0 Å². The molecule has 0 atom stereocenters. The van der Waals surface area contributed by atoms with E-state index < -0.39 is 0 Å². The summed E-state index contributed by atoms with van der Waals surface area (Å²) in [6.45, 7) is 4.41. The van der Waals surface area contributed by atoms with E-state index in [2.05, 4.69) is 20.7 Å². The molecule has 0 aliphatic heterocycles. The summed E-state index contributed by atoms with van der Waals surface area (Å²) in [6.07, 6.45) is 4.44. The van der Waals surface area contributed by atoms with Gasteiger partial charge in [0, 0.05) is 18.0 Å². The van der Waals surface area contributed by atoms with E-state index in [1.165, 1.54) is 0 Å². The summed E-state index contributed by atoms with van der Waals surface area (Å²) in [5.41, 5.74) is 1.67. The van der Waals surface area contributed by atoms with Crippen LogP contribution in [0.1, 0.15) is 54.5 Å². The van der Waals surface area contributed by atoms with Crippen molar-refractivity contribution in [3.63, 3.8) is 0 Å². The number of carbonyl (C=O) groups is 1. The minimum Gasteiger partial charge on any atom is -0.420 e. The van der Waals surface area contributed by atoms with Gasteiger partial charge in [-0.05, 0) is 56.9 Å². The predicted molar refractivity (Wildman–Crippen MR) is 105 cm³/mol. The van der Waals surface area contributed by atoms with Gasteiger partial charge < -0.3 is 14.3 Å². The third-order valence-corrected chi connectivity index (χ3v) is 6.33. The first kappa shape index (κ1) is 18.9. The third kappa shape index (κ3) is 4.16. The van der Waals surface area contributed by atoms with Gasteiger partial charge in [-0.2, -0.15) is 0 Å². The second kappa shape index (κ2) is 8.26. The van der Waals surface area contributed by atoms with E-state index >= 15 is 0 Å². The van der Waals surface area contributed by atoms with Crippen LogP contribution in [-0.2, 0) is 11.2 Å². The Hall–Kier alpha value is -2.48. The molecule has 1 aliphatic rings. The van der Waals surface area contributed by atoms with Crippen LogP contribution < -0.4 is 5.32 Å². The second-order valence-corrected chi connectivity index (χ2v) is 8.37. The Bertz CT molecular complexity index is 904. The molecule has 1 amide bonds. The average Bonchev–Trinajstić information content (AvgIpc) is 3.45. The lowest BCUT2D eigenvalue weighted by atomic mass is 9.82. The SMILES string of the molecule is Cc1noc(C)c1CC(=O)NCC1CCC(c2nnc(-c3cccs3)o2)CC1. The Morgan fingerprint density at radius 2 is 2.07 bits per heavy atom. The minimum absolute atomic E-state index is 0.0222. The van der Waals surface area contributed by atoms with Crippen molar-refractivity contribution >= 4 is 17.2 Å². The van der Waals surface area contributed by atoms with Crippen molar-refractivity contribution < 1.29 is 13.7 Å². The summed E-state index contributed by atoms with van der Waals surface area (Å²) in [4.78, 5) is 13.3. The summed E-state index contributed by atoms with van der Waals surface area (Å²) < 4.78 is 11.0. The number of hydrogen-bond donors (Lipinski definition) is 1. The van der Waals surface area contributed by atoms with Gasteiger partial charge in [-0.25, -0.2) is 0 Å². The molecule has 8 heteroatoms. The average molecular weight is 401 g/mol. The first-order chi connectivity index (χ1) is 13.6. The lowest BCUT2D eigenvalue weighted by Crippen LogP contribution is -2.32. The third-order valence-electron chi connectivity index (χ3n) is 5.48. The van der Waals surface area contributed by atoms with Gasteiger partial charge in [0.25, 0.3) is 5.89 Å². The van der Waals surface area contributed by atoms with E-state index in [4.69, 9.17) is 8.94 Å². The fraction of sp³-hybridized carbons (Fsp3) is 0.500. The molecule has 0 saturated heterocycles. The second-order valence-electron chi connectivity index (χ2n) is 7.42. The van der Waals surface area contributed by atoms with E-state index in [1.54, 1.807) is 11.3 Å². The molecular formula is C20H24N4O3S. The van der Waals surface area contributed by atoms with Gasteiger partial charge in [-0.1, -0.05) is 11.2 Å². The number of amides is 1. The van der Waals surface area contributed by atoms with Crippen molar-refractivity contribution in [1.29, 1.82) is 0 Å². The number of nitrogens with one attached hydrogen (secondary N) is 1. The summed E-state index contributed by atoms with van der Waals surface area (Å²) in [7, 11) is 0. The zero-order chi connectivity index (χ0) is 19.5. The van der Waals surface area contributed by atoms with Crippen LogP contribution in [0, 0.1) is 19.8 Å². The monoisotopic (exact) mass is 400 g/mol. The Morgan fingerprint density at radius 3 is 2.75 bits per heavy atom. The van der Waals surface area contributed by atoms with Gasteiger partial charge >= 0.3 is 0 Å². The van der Waals surface area contributed by atoms with Crippen LogP contribution in [0.25, 0.3) is 10.8 Å². The van der Waals surface area contributed by atoms with Crippen molar-refractivity contribution in [2.24, 2.45) is 5.92 Å². The number of aryl methyl sites for hydroxylation is 2. The highest BCUT2D eigenvalue weighted by Gasteiger charge is 2.27. The Morgan fingerprint density at radius 1 is 1.25 bits per heavy atom. The fourth-order valence-corrected chi connectivity index (χ4v) is 4.39. The molecule has 1 aliphatic carbocycles. The number of aromatic nitrogens is 3. The smallest absolute Gasteiger partial charge is 0.257 e. The van der Waals surface area contributed by atoms with Crippen LogP contribution in [0.15, 0.2) is 26.5 Å². The predicted octanol–water partition coefficient (Wildman–Crippen LogP) is 4.04. The molecule has 0 aromatic carbocycles. The zero-order valence-electron chi connectivity index (χ0n) is 16.1. The molecule has 0 radical (unpaired) electrons. The van der Waals surface area contributed by atoms with Crippen LogP contribution in [-0.4, -0.2) is 27.8 Å². The van der Waals surface area contributed by atoms with E-state index in [-0.39, 0.29) is 5.91 Å². The Labute approximate surface area is 167 Å². The van der Waals surface area contributed by atoms with Gasteiger partial charge in [0.1, 0.15) is 5.76 Å². The number of hydrogen-bond acceptors (Lipinski definition) is 7. The summed E-state index contributed by atoms with van der Waals surface area (Å²) in [5.74, 6) is 2.90. The lowest BCUT2D eigenvalue weighted by molar-refractivity contribution is -0.120. The number of carbonyl (C=O) groups excluding carboxylic acids is 1. The van der Waals surface area contributed by atoms with Crippen molar-refractivity contribution in [1.82, 2.24) is 20.7 Å². The van der Waals surface area contributed by atoms with Crippen LogP contribution in [0.3, 0.4) is 0 Å². The normalized spacial score (nSPS) is 19.6. The van der Waals surface area contributed by atoms with E-state index in [1.807, 2.05) is 31.4 Å². The molecule has 7 nitrogen and oxygen atoms in total. The molecule has 4 rings (SSSR count). The highest BCUT2D eigenvalue weighted by Crippen LogP contribution is 2.36. The maximum absolute atomic E-state index is 12.2. The fourth-order valence-electron chi connectivity index (χ4n) is 3.75. The van der Waals surface area contributed by atoms with Gasteiger partial charge in [0.2, 0.25) is 11.8 Å². The van der Waals surface area contributed by atoms with Crippen molar-refractivity contribution in [2.75, 3.05) is 6.54 Å². The molecule has 1 fully saturated rings. The molecule has 0 unspecified atom stereocenters. The first-order valence-electron chi connectivity index (χ1n) is 9.66. The molecule has 28 heavy (non-hydrogen) atoms. The topological polar surface area (TPSA) is 94.1 Å². The highest BCUT2D eigenvalue weighted by atomic mass is 32.1. The van der Waals surface area contributed by atoms with E-state index in [0.29, 0.717) is 30.7 Å². The van der Waals surface area contributed by atoms with E-state index in [9.17, 15) is 4.79 Å². The summed E-state index contributed by atoms with van der Waals surface area (Å²) in [6, 6.07) is 3.97. The van der Waals surface area contributed by atoms with Crippen molar-refractivity contribution in [3.05, 3.63) is 40.4 Å². The van der Waals surface area contributed by atoms with Crippen LogP contribution >= 0.6 is 11.3 Å². The van der Waals surface area contributed by atoms with Gasteiger partial charge in [-0.3, -0.25) is 4.79 Å². The van der Waals surface area contributed by atoms with Crippen LogP contribution in [0.5, 0.6) is 0 Å². The molecule has 3 aromatic rings. The number of nitrogens with zero attached hydrogens (tertiary/aromatic N) is 3. The molecule has 3 aromatic heterocycles. The van der Waals surface area contributed by atoms with Crippen molar-refractivity contribution in [3.8, 4) is 10.8 Å². The maximum Gasteiger partial charge on any atom is 0.257 e. The minimum atomic E-state index is 0.0222. The first-order valence-corrected chi connectivity index (χ1v) is 10.5. The number of thiophene rings is 1. The Kier molecular flexibility index (Phi) is 5.57. The molecular weight excluding hydrogens is 376 g/mol. The maximum atomic E-state index is 12.2. The lowest BCUT2D eigenvalue weighted by Gasteiger charge is -2.26. The van der Waals surface area contributed by atoms with Gasteiger partial charge in [0.15, 0.2) is 0 Å². The van der Waals surface area contributed by atoms with E-state index in [0.717, 1.165) is 53.5 Å². The van der Waals surface area contributed by atoms with Crippen molar-refractivity contribution in [2.45, 2.75) is 51.9 Å². The number of rotatable bonds is 6. The molecule has 3 heterocycles. The Balaban J connectivity index is 1.24. The molecule has 0 spiro atoms. The molecule has 0 bridgehead atoms. The highest BCUT2D eigenvalue weighted by molar-refractivity contribution is 7.13. The largest absolute Gasteiger partial charge is 0.420 e. The molecule has 148 valence electrons. The molecule has 1 saturated carbocycles. The standard InChI is InChI=1S/C20H24N4O3S/c1-12-16(13(2)27-24-12)10-18(25)21-11-14-5-7-15(8-6-14)19-22-23-20(26-19)17-4-3-9-28-17/h3-4,9,14-15H,5-8,10-11H2,1-2H3,(H,21,25). The zero-order valence-corrected chi connectivity index (χ0v) is 16.9.